The van der Waals surface area contributed by atoms with Gasteiger partial charge >= 0.3 is 0 Å². The molecule has 0 saturated carbocycles. The summed E-state index contributed by atoms with van der Waals surface area (Å²) in [5, 5.41) is 3.62. The van der Waals surface area contributed by atoms with E-state index >= 15 is 0 Å². The third-order valence-electron chi connectivity index (χ3n) is 4.96. The van der Waals surface area contributed by atoms with E-state index in [1.807, 2.05) is 6.92 Å². The molecule has 2 aromatic rings. The number of piperidine rings is 1. The number of rotatable bonds is 5. The molecule has 1 aliphatic heterocycles. The van der Waals surface area contributed by atoms with Crippen molar-refractivity contribution in [3.05, 3.63) is 53.5 Å². The molecule has 1 aromatic carbocycles. The minimum Gasteiger partial charge on any atom is -0.367 e. The standard InChI is InChI=1S/C20H28N4/c1-4-18-14-20(22-16(3)21-18)23-19-10-12-24(13-11-19)15(2)17-8-6-5-7-9-17/h5-9,14-15,19H,4,10-13H2,1-3H3,(H,21,22,23). The summed E-state index contributed by atoms with van der Waals surface area (Å²) in [6.07, 6.45) is 3.26. The number of benzene rings is 1. The van der Waals surface area contributed by atoms with Crippen molar-refractivity contribution in [2.45, 2.75) is 52.1 Å². The van der Waals surface area contributed by atoms with E-state index in [0.29, 0.717) is 12.1 Å². The van der Waals surface area contributed by atoms with Gasteiger partial charge in [-0.2, -0.15) is 0 Å². The average Bonchev–Trinajstić information content (AvgIpc) is 2.62. The zero-order chi connectivity index (χ0) is 16.9. The molecule has 128 valence electrons. The molecule has 0 amide bonds. The molecule has 0 aliphatic carbocycles. The maximum absolute atomic E-state index is 4.54. The van der Waals surface area contributed by atoms with E-state index in [1.54, 1.807) is 0 Å². The van der Waals surface area contributed by atoms with Crippen LogP contribution in [0.1, 0.15) is 49.8 Å². The van der Waals surface area contributed by atoms with Crippen molar-refractivity contribution >= 4 is 5.82 Å². The van der Waals surface area contributed by atoms with Crippen LogP contribution in [0.3, 0.4) is 0 Å². The van der Waals surface area contributed by atoms with Crippen LogP contribution in [0.2, 0.25) is 0 Å². The number of nitrogens with zero attached hydrogens (tertiary/aromatic N) is 3. The molecule has 1 aromatic heterocycles. The van der Waals surface area contributed by atoms with Gasteiger partial charge in [-0.05, 0) is 38.7 Å². The first kappa shape index (κ1) is 16.9. The van der Waals surface area contributed by atoms with E-state index in [2.05, 4.69) is 70.4 Å². The van der Waals surface area contributed by atoms with Gasteiger partial charge in [-0.25, -0.2) is 9.97 Å². The maximum Gasteiger partial charge on any atom is 0.130 e. The second-order valence-electron chi connectivity index (χ2n) is 6.69. The fraction of sp³-hybridized carbons (Fsp3) is 0.500. The molecule has 3 rings (SSSR count). The first-order valence-electron chi connectivity index (χ1n) is 9.05. The molecule has 4 heteroatoms. The van der Waals surface area contributed by atoms with Gasteiger partial charge in [0.1, 0.15) is 11.6 Å². The fourth-order valence-corrected chi connectivity index (χ4v) is 3.47. The van der Waals surface area contributed by atoms with Crippen LogP contribution >= 0.6 is 0 Å². The molecule has 1 aliphatic rings. The van der Waals surface area contributed by atoms with Gasteiger partial charge in [-0.15, -0.1) is 0 Å². The van der Waals surface area contributed by atoms with Gasteiger partial charge in [0.05, 0.1) is 0 Å². The van der Waals surface area contributed by atoms with Crippen LogP contribution in [0.5, 0.6) is 0 Å². The van der Waals surface area contributed by atoms with Crippen molar-refractivity contribution in [2.24, 2.45) is 0 Å². The Bertz CT molecular complexity index is 648. The molecule has 1 saturated heterocycles. The van der Waals surface area contributed by atoms with E-state index in [4.69, 9.17) is 0 Å². The Hall–Kier alpha value is -1.94. The van der Waals surface area contributed by atoms with Crippen LogP contribution in [-0.2, 0) is 6.42 Å². The highest BCUT2D eigenvalue weighted by Crippen LogP contribution is 2.25. The number of likely N-dealkylation sites (tertiary alicyclic amines) is 1. The van der Waals surface area contributed by atoms with Crippen molar-refractivity contribution in [1.82, 2.24) is 14.9 Å². The summed E-state index contributed by atoms with van der Waals surface area (Å²) in [5.74, 6) is 1.83. The molecule has 0 bridgehead atoms. The first-order valence-corrected chi connectivity index (χ1v) is 9.05. The smallest absolute Gasteiger partial charge is 0.130 e. The highest BCUT2D eigenvalue weighted by Gasteiger charge is 2.23. The summed E-state index contributed by atoms with van der Waals surface area (Å²) in [6, 6.07) is 13.9. The van der Waals surface area contributed by atoms with Gasteiger partial charge in [-0.3, -0.25) is 4.90 Å². The lowest BCUT2D eigenvalue weighted by atomic mass is 10.00. The Labute approximate surface area is 145 Å². The molecular formula is C20H28N4. The van der Waals surface area contributed by atoms with Gasteiger partial charge in [0.2, 0.25) is 0 Å². The van der Waals surface area contributed by atoms with E-state index in [1.165, 1.54) is 5.56 Å². The van der Waals surface area contributed by atoms with Crippen molar-refractivity contribution in [3.63, 3.8) is 0 Å². The lowest BCUT2D eigenvalue weighted by molar-refractivity contribution is 0.167. The summed E-state index contributed by atoms with van der Waals surface area (Å²) in [5.41, 5.74) is 2.52. The number of aromatic nitrogens is 2. The SMILES string of the molecule is CCc1cc(NC2CCN(C(C)c3ccccc3)CC2)nc(C)n1. The second-order valence-corrected chi connectivity index (χ2v) is 6.69. The lowest BCUT2D eigenvalue weighted by Gasteiger charge is -2.36. The van der Waals surface area contributed by atoms with Crippen LogP contribution in [0.25, 0.3) is 0 Å². The van der Waals surface area contributed by atoms with Crippen LogP contribution in [0.4, 0.5) is 5.82 Å². The zero-order valence-corrected chi connectivity index (χ0v) is 15.0. The minimum atomic E-state index is 0.486. The molecule has 1 unspecified atom stereocenters. The number of aryl methyl sites for hydroxylation is 2. The molecule has 0 radical (unpaired) electrons. The normalized spacial score (nSPS) is 17.6. The average molecular weight is 324 g/mol. The lowest BCUT2D eigenvalue weighted by Crippen LogP contribution is -2.40. The van der Waals surface area contributed by atoms with Crippen molar-refractivity contribution in [2.75, 3.05) is 18.4 Å². The molecule has 24 heavy (non-hydrogen) atoms. The molecule has 1 fully saturated rings. The van der Waals surface area contributed by atoms with Crippen molar-refractivity contribution in [1.29, 1.82) is 0 Å². The third kappa shape index (κ3) is 4.12. The summed E-state index contributed by atoms with van der Waals surface area (Å²) in [7, 11) is 0. The Morgan fingerprint density at radius 1 is 1.17 bits per heavy atom. The largest absolute Gasteiger partial charge is 0.367 e. The Morgan fingerprint density at radius 2 is 1.88 bits per heavy atom. The van der Waals surface area contributed by atoms with Crippen molar-refractivity contribution in [3.8, 4) is 0 Å². The molecular weight excluding hydrogens is 296 g/mol. The van der Waals surface area contributed by atoms with Gasteiger partial charge < -0.3 is 5.32 Å². The van der Waals surface area contributed by atoms with E-state index < -0.39 is 0 Å². The number of hydrogen-bond donors (Lipinski definition) is 1. The summed E-state index contributed by atoms with van der Waals surface area (Å²) >= 11 is 0. The number of nitrogens with one attached hydrogen (secondary N) is 1. The van der Waals surface area contributed by atoms with E-state index in [0.717, 1.165) is 49.7 Å². The Morgan fingerprint density at radius 3 is 2.54 bits per heavy atom. The molecule has 4 nitrogen and oxygen atoms in total. The predicted molar refractivity (Wildman–Crippen MR) is 99.2 cm³/mol. The zero-order valence-electron chi connectivity index (χ0n) is 15.0. The Balaban J connectivity index is 1.56. The molecule has 0 spiro atoms. The fourth-order valence-electron chi connectivity index (χ4n) is 3.47. The van der Waals surface area contributed by atoms with Gasteiger partial charge in [0, 0.05) is 36.9 Å². The van der Waals surface area contributed by atoms with E-state index in [9.17, 15) is 0 Å². The summed E-state index contributed by atoms with van der Waals surface area (Å²) < 4.78 is 0. The van der Waals surface area contributed by atoms with Gasteiger partial charge in [0.25, 0.3) is 0 Å². The first-order chi connectivity index (χ1) is 11.7. The van der Waals surface area contributed by atoms with E-state index in [-0.39, 0.29) is 0 Å². The quantitative estimate of drug-likeness (QED) is 0.903. The highest BCUT2D eigenvalue weighted by molar-refractivity contribution is 5.37. The molecule has 2 heterocycles. The second kappa shape index (κ2) is 7.75. The summed E-state index contributed by atoms with van der Waals surface area (Å²) in [4.78, 5) is 11.6. The van der Waals surface area contributed by atoms with Crippen molar-refractivity contribution < 1.29 is 0 Å². The Kier molecular flexibility index (Phi) is 5.46. The highest BCUT2D eigenvalue weighted by atomic mass is 15.2. The summed E-state index contributed by atoms with van der Waals surface area (Å²) in [6.45, 7) is 8.66. The molecule has 1 atom stereocenters. The topological polar surface area (TPSA) is 41.0 Å². The molecule has 1 N–H and O–H groups in total. The third-order valence-corrected chi connectivity index (χ3v) is 4.96. The van der Waals surface area contributed by atoms with Gasteiger partial charge in [0.15, 0.2) is 0 Å². The number of hydrogen-bond acceptors (Lipinski definition) is 4. The van der Waals surface area contributed by atoms with Crippen LogP contribution < -0.4 is 5.32 Å². The predicted octanol–water partition coefficient (Wildman–Crippen LogP) is 3.98. The van der Waals surface area contributed by atoms with Crippen LogP contribution in [0, 0.1) is 6.92 Å². The van der Waals surface area contributed by atoms with Crippen LogP contribution in [0.15, 0.2) is 36.4 Å². The van der Waals surface area contributed by atoms with Crippen LogP contribution in [-0.4, -0.2) is 34.0 Å². The van der Waals surface area contributed by atoms with Gasteiger partial charge in [-0.1, -0.05) is 37.3 Å². The monoisotopic (exact) mass is 324 g/mol. The minimum absolute atomic E-state index is 0.486. The number of anilines is 1. The maximum atomic E-state index is 4.54.